The zero-order valence-electron chi connectivity index (χ0n) is 12.3. The Hall–Kier alpha value is -3.17. The predicted octanol–water partition coefficient (Wildman–Crippen LogP) is 2.86. The fourth-order valence-corrected chi connectivity index (χ4v) is 1.83. The van der Waals surface area contributed by atoms with Gasteiger partial charge in [0.2, 0.25) is 0 Å². The van der Waals surface area contributed by atoms with Gasteiger partial charge < -0.3 is 9.47 Å². The van der Waals surface area contributed by atoms with Gasteiger partial charge in [0.25, 0.3) is 0 Å². The summed E-state index contributed by atoms with van der Waals surface area (Å²) < 4.78 is 9.80. The van der Waals surface area contributed by atoms with Crippen molar-refractivity contribution in [3.8, 4) is 29.9 Å². The number of hydrogen-bond donors (Lipinski definition) is 0. The summed E-state index contributed by atoms with van der Waals surface area (Å²) in [6, 6.07) is 12.3. The van der Waals surface area contributed by atoms with Gasteiger partial charge in [-0.15, -0.1) is 6.42 Å². The largest absolute Gasteiger partial charge is 0.497 e. The van der Waals surface area contributed by atoms with Crippen LogP contribution in [0.1, 0.15) is 27.0 Å². The number of ether oxygens (including phenoxy) is 2. The molecule has 0 fully saturated rings. The Kier molecular flexibility index (Phi) is 4.85. The summed E-state index contributed by atoms with van der Waals surface area (Å²) >= 11 is 0. The van der Waals surface area contributed by atoms with E-state index in [1.165, 1.54) is 7.11 Å². The van der Waals surface area contributed by atoms with Crippen LogP contribution in [0.4, 0.5) is 0 Å². The minimum atomic E-state index is -0.420. The third-order valence-corrected chi connectivity index (χ3v) is 3.03. The standard InChI is InChI=1S/C19H14O3/c1-4-15-9-10-17(19(20)22-3)13-16(15)8-5-14-6-11-18(21-2)12-7-14/h1,6-7,9-13H,2-3H3. The Bertz CT molecular complexity index is 784. The van der Waals surface area contributed by atoms with Crippen LogP contribution in [-0.4, -0.2) is 20.2 Å². The van der Waals surface area contributed by atoms with Gasteiger partial charge in [0.05, 0.1) is 19.8 Å². The van der Waals surface area contributed by atoms with Crippen molar-refractivity contribution in [1.29, 1.82) is 0 Å². The Balaban J connectivity index is 2.37. The average molecular weight is 290 g/mol. The van der Waals surface area contributed by atoms with Crippen LogP contribution >= 0.6 is 0 Å². The third kappa shape index (κ3) is 3.48. The Morgan fingerprint density at radius 3 is 2.32 bits per heavy atom. The highest BCUT2D eigenvalue weighted by atomic mass is 16.5. The molecule has 0 heterocycles. The fourth-order valence-electron chi connectivity index (χ4n) is 1.83. The highest BCUT2D eigenvalue weighted by Crippen LogP contribution is 2.13. The maximum absolute atomic E-state index is 11.6. The van der Waals surface area contributed by atoms with Crippen molar-refractivity contribution < 1.29 is 14.3 Å². The SMILES string of the molecule is C#Cc1ccc(C(=O)OC)cc1C#Cc1ccc(OC)cc1. The molecule has 2 rings (SSSR count). The number of terminal acetylenes is 1. The molecule has 22 heavy (non-hydrogen) atoms. The van der Waals surface area contributed by atoms with E-state index in [1.54, 1.807) is 25.3 Å². The van der Waals surface area contributed by atoms with Crippen molar-refractivity contribution in [3.63, 3.8) is 0 Å². The van der Waals surface area contributed by atoms with Crippen molar-refractivity contribution in [3.05, 3.63) is 64.7 Å². The van der Waals surface area contributed by atoms with E-state index in [9.17, 15) is 4.79 Å². The van der Waals surface area contributed by atoms with Gasteiger partial charge in [-0.3, -0.25) is 0 Å². The number of esters is 1. The molecule has 3 nitrogen and oxygen atoms in total. The topological polar surface area (TPSA) is 35.5 Å². The first-order valence-electron chi connectivity index (χ1n) is 6.53. The van der Waals surface area contributed by atoms with E-state index < -0.39 is 5.97 Å². The van der Waals surface area contributed by atoms with Crippen molar-refractivity contribution in [2.24, 2.45) is 0 Å². The van der Waals surface area contributed by atoms with E-state index in [2.05, 4.69) is 17.8 Å². The van der Waals surface area contributed by atoms with E-state index >= 15 is 0 Å². The van der Waals surface area contributed by atoms with Crippen LogP contribution in [0.25, 0.3) is 0 Å². The molecule has 0 aliphatic heterocycles. The summed E-state index contributed by atoms with van der Waals surface area (Å²) in [5.41, 5.74) is 2.49. The van der Waals surface area contributed by atoms with Crippen molar-refractivity contribution in [1.82, 2.24) is 0 Å². The number of hydrogen-bond acceptors (Lipinski definition) is 3. The van der Waals surface area contributed by atoms with Gasteiger partial charge in [-0.25, -0.2) is 4.79 Å². The molecule has 0 radical (unpaired) electrons. The summed E-state index contributed by atoms with van der Waals surface area (Å²) in [6.45, 7) is 0. The van der Waals surface area contributed by atoms with E-state index in [4.69, 9.17) is 15.9 Å². The van der Waals surface area contributed by atoms with Crippen molar-refractivity contribution in [2.45, 2.75) is 0 Å². The zero-order valence-corrected chi connectivity index (χ0v) is 12.3. The summed E-state index contributed by atoms with van der Waals surface area (Å²) in [6.07, 6.45) is 5.47. The molecule has 0 atom stereocenters. The summed E-state index contributed by atoms with van der Waals surface area (Å²) in [5, 5.41) is 0. The second-order valence-electron chi connectivity index (χ2n) is 4.37. The van der Waals surface area contributed by atoms with Gasteiger partial charge in [-0.05, 0) is 42.5 Å². The number of carbonyl (C=O) groups is 1. The number of benzene rings is 2. The molecular weight excluding hydrogens is 276 g/mol. The molecule has 108 valence electrons. The molecule has 0 aliphatic rings. The van der Waals surface area contributed by atoms with E-state index in [-0.39, 0.29) is 0 Å². The molecule has 0 bridgehead atoms. The molecule has 0 aromatic heterocycles. The number of carbonyl (C=O) groups excluding carboxylic acids is 1. The fraction of sp³-hybridized carbons (Fsp3) is 0.105. The van der Waals surface area contributed by atoms with Crippen molar-refractivity contribution >= 4 is 5.97 Å². The smallest absolute Gasteiger partial charge is 0.337 e. The maximum atomic E-state index is 11.6. The Morgan fingerprint density at radius 1 is 1.00 bits per heavy atom. The molecular formula is C19H14O3. The third-order valence-electron chi connectivity index (χ3n) is 3.03. The Morgan fingerprint density at radius 2 is 1.73 bits per heavy atom. The second-order valence-corrected chi connectivity index (χ2v) is 4.37. The lowest BCUT2D eigenvalue weighted by molar-refractivity contribution is 0.0600. The zero-order chi connectivity index (χ0) is 15.9. The highest BCUT2D eigenvalue weighted by molar-refractivity contribution is 5.90. The first-order chi connectivity index (χ1) is 10.7. The van der Waals surface area contributed by atoms with E-state index in [0.29, 0.717) is 16.7 Å². The predicted molar refractivity (Wildman–Crippen MR) is 84.7 cm³/mol. The molecule has 0 amide bonds. The monoisotopic (exact) mass is 290 g/mol. The second kappa shape index (κ2) is 7.02. The molecule has 0 saturated carbocycles. The van der Waals surface area contributed by atoms with Crippen LogP contribution in [-0.2, 0) is 4.74 Å². The van der Waals surface area contributed by atoms with Crippen LogP contribution in [0.15, 0.2) is 42.5 Å². The molecule has 0 saturated heterocycles. The minimum Gasteiger partial charge on any atom is -0.497 e. The van der Waals surface area contributed by atoms with Gasteiger partial charge in [0, 0.05) is 16.7 Å². The van der Waals surface area contributed by atoms with Gasteiger partial charge in [0.1, 0.15) is 5.75 Å². The van der Waals surface area contributed by atoms with Crippen LogP contribution in [0.2, 0.25) is 0 Å². The molecule has 2 aromatic rings. The van der Waals surface area contributed by atoms with Gasteiger partial charge >= 0.3 is 5.97 Å². The van der Waals surface area contributed by atoms with Gasteiger partial charge in [-0.1, -0.05) is 17.8 Å². The quantitative estimate of drug-likeness (QED) is 0.630. The summed E-state index contributed by atoms with van der Waals surface area (Å²) in [5.74, 6) is 8.92. The van der Waals surface area contributed by atoms with Crippen LogP contribution in [0.5, 0.6) is 5.75 Å². The van der Waals surface area contributed by atoms with Crippen molar-refractivity contribution in [2.75, 3.05) is 14.2 Å². The lowest BCUT2D eigenvalue weighted by atomic mass is 10.0. The minimum absolute atomic E-state index is 0.417. The molecule has 0 N–H and O–H groups in total. The van der Waals surface area contributed by atoms with Crippen LogP contribution in [0, 0.1) is 24.2 Å². The normalized spacial score (nSPS) is 9.14. The summed E-state index contributed by atoms with van der Waals surface area (Å²) in [7, 11) is 2.94. The number of methoxy groups -OCH3 is 2. The first kappa shape index (κ1) is 15.2. The average Bonchev–Trinajstić information content (AvgIpc) is 2.59. The maximum Gasteiger partial charge on any atom is 0.337 e. The molecule has 0 aliphatic carbocycles. The molecule has 0 spiro atoms. The first-order valence-corrected chi connectivity index (χ1v) is 6.53. The Labute approximate surface area is 129 Å². The van der Waals surface area contributed by atoms with Crippen LogP contribution in [0.3, 0.4) is 0 Å². The van der Waals surface area contributed by atoms with Crippen LogP contribution < -0.4 is 4.74 Å². The summed E-state index contributed by atoms with van der Waals surface area (Å²) in [4.78, 5) is 11.6. The molecule has 3 heteroatoms. The number of rotatable bonds is 2. The van der Waals surface area contributed by atoms with E-state index in [1.807, 2.05) is 24.3 Å². The van der Waals surface area contributed by atoms with E-state index in [0.717, 1.165) is 11.3 Å². The lowest BCUT2D eigenvalue weighted by Gasteiger charge is -2.02. The van der Waals surface area contributed by atoms with Gasteiger partial charge in [0.15, 0.2) is 0 Å². The molecule has 2 aromatic carbocycles. The van der Waals surface area contributed by atoms with Gasteiger partial charge in [-0.2, -0.15) is 0 Å². The lowest BCUT2D eigenvalue weighted by Crippen LogP contribution is -2.02. The molecule has 0 unspecified atom stereocenters. The highest BCUT2D eigenvalue weighted by Gasteiger charge is 2.07.